The third-order valence-corrected chi connectivity index (χ3v) is 3.56. The van der Waals surface area contributed by atoms with E-state index in [4.69, 9.17) is 4.74 Å². The molecule has 2 aromatic rings. The maximum Gasteiger partial charge on any atom is 0.290 e. The van der Waals surface area contributed by atoms with Crippen molar-refractivity contribution in [2.45, 2.75) is 5.92 Å². The lowest BCUT2D eigenvalue weighted by molar-refractivity contribution is 0.0106. The van der Waals surface area contributed by atoms with E-state index in [1.165, 1.54) is 19.2 Å². The molecular weight excluding hydrogens is 328 g/mol. The van der Waals surface area contributed by atoms with Crippen LogP contribution in [0.25, 0.3) is 0 Å². The monoisotopic (exact) mass is 341 g/mol. The molecule has 0 saturated carbocycles. The highest BCUT2D eigenvalue weighted by Crippen LogP contribution is 2.31. The SMILES string of the molecule is COc1ccc(Br)c(NCC(F)(F)c2ccccc2)c1. The zero-order valence-corrected chi connectivity index (χ0v) is 12.5. The topological polar surface area (TPSA) is 21.3 Å². The van der Waals surface area contributed by atoms with Gasteiger partial charge in [-0.25, -0.2) is 0 Å². The molecule has 0 aliphatic heterocycles. The fourth-order valence-corrected chi connectivity index (χ4v) is 2.14. The second kappa shape index (κ2) is 6.22. The molecule has 2 aromatic carbocycles. The quantitative estimate of drug-likeness (QED) is 0.853. The molecule has 106 valence electrons. The van der Waals surface area contributed by atoms with Gasteiger partial charge in [-0.3, -0.25) is 0 Å². The fourth-order valence-electron chi connectivity index (χ4n) is 1.76. The number of alkyl halides is 2. The Morgan fingerprint density at radius 1 is 1.15 bits per heavy atom. The first-order valence-electron chi connectivity index (χ1n) is 6.04. The Morgan fingerprint density at radius 3 is 2.50 bits per heavy atom. The third kappa shape index (κ3) is 3.48. The zero-order valence-electron chi connectivity index (χ0n) is 10.9. The van der Waals surface area contributed by atoms with Crippen molar-refractivity contribution in [3.63, 3.8) is 0 Å². The largest absolute Gasteiger partial charge is 0.497 e. The Kier molecular flexibility index (Phi) is 4.60. The van der Waals surface area contributed by atoms with Gasteiger partial charge in [-0.05, 0) is 28.1 Å². The van der Waals surface area contributed by atoms with E-state index >= 15 is 0 Å². The van der Waals surface area contributed by atoms with Crippen molar-refractivity contribution in [1.29, 1.82) is 0 Å². The lowest BCUT2D eigenvalue weighted by atomic mass is 10.1. The lowest BCUT2D eigenvalue weighted by Gasteiger charge is -2.19. The summed E-state index contributed by atoms with van der Waals surface area (Å²) in [5, 5.41) is 2.75. The van der Waals surface area contributed by atoms with Crippen molar-refractivity contribution < 1.29 is 13.5 Å². The molecule has 0 amide bonds. The highest BCUT2D eigenvalue weighted by Gasteiger charge is 2.31. The van der Waals surface area contributed by atoms with Crippen LogP contribution in [-0.4, -0.2) is 13.7 Å². The van der Waals surface area contributed by atoms with Crippen molar-refractivity contribution in [1.82, 2.24) is 0 Å². The zero-order chi connectivity index (χ0) is 14.6. The molecule has 0 aliphatic carbocycles. The molecular formula is C15H14BrF2NO. The van der Waals surface area contributed by atoms with Crippen molar-refractivity contribution in [3.05, 3.63) is 58.6 Å². The average Bonchev–Trinajstić information content (AvgIpc) is 2.47. The van der Waals surface area contributed by atoms with Crippen LogP contribution in [0.5, 0.6) is 5.75 Å². The van der Waals surface area contributed by atoms with Crippen molar-refractivity contribution in [2.75, 3.05) is 19.0 Å². The summed E-state index contributed by atoms with van der Waals surface area (Å²) in [5.74, 6) is -2.33. The number of anilines is 1. The molecule has 2 rings (SSSR count). The first-order valence-corrected chi connectivity index (χ1v) is 6.83. The minimum atomic E-state index is -2.94. The van der Waals surface area contributed by atoms with E-state index in [-0.39, 0.29) is 5.56 Å². The number of hydrogen-bond donors (Lipinski definition) is 1. The number of ether oxygens (including phenoxy) is 1. The molecule has 0 radical (unpaired) electrons. The molecule has 0 spiro atoms. The molecule has 0 saturated heterocycles. The Morgan fingerprint density at radius 2 is 1.85 bits per heavy atom. The van der Waals surface area contributed by atoms with E-state index in [9.17, 15) is 8.78 Å². The number of benzene rings is 2. The number of halogens is 3. The van der Waals surface area contributed by atoms with Gasteiger partial charge in [0.05, 0.1) is 19.3 Å². The van der Waals surface area contributed by atoms with Crippen LogP contribution in [0, 0.1) is 0 Å². The van der Waals surface area contributed by atoms with Crippen molar-refractivity contribution in [3.8, 4) is 5.75 Å². The van der Waals surface area contributed by atoms with Gasteiger partial charge in [0.2, 0.25) is 0 Å². The first kappa shape index (κ1) is 14.8. The van der Waals surface area contributed by atoms with E-state index in [2.05, 4.69) is 21.2 Å². The summed E-state index contributed by atoms with van der Waals surface area (Å²) in [7, 11) is 1.53. The lowest BCUT2D eigenvalue weighted by Crippen LogP contribution is -2.24. The van der Waals surface area contributed by atoms with Gasteiger partial charge in [-0.15, -0.1) is 0 Å². The predicted octanol–water partition coefficient (Wildman–Crippen LogP) is 4.66. The van der Waals surface area contributed by atoms with E-state index in [0.717, 1.165) is 0 Å². The van der Waals surface area contributed by atoms with Gasteiger partial charge >= 0.3 is 0 Å². The minimum absolute atomic E-state index is 0.00785. The van der Waals surface area contributed by atoms with Crippen LogP contribution >= 0.6 is 15.9 Å². The van der Waals surface area contributed by atoms with Crippen LogP contribution in [0.4, 0.5) is 14.5 Å². The second-order valence-electron chi connectivity index (χ2n) is 4.27. The maximum absolute atomic E-state index is 14.0. The molecule has 0 heterocycles. The Labute approximate surface area is 124 Å². The number of hydrogen-bond acceptors (Lipinski definition) is 2. The smallest absolute Gasteiger partial charge is 0.290 e. The van der Waals surface area contributed by atoms with E-state index in [1.54, 1.807) is 36.4 Å². The van der Waals surface area contributed by atoms with Gasteiger partial charge < -0.3 is 10.1 Å². The Bertz CT molecular complexity index is 575. The van der Waals surface area contributed by atoms with Crippen LogP contribution in [0.2, 0.25) is 0 Å². The van der Waals surface area contributed by atoms with Crippen LogP contribution in [0.1, 0.15) is 5.56 Å². The van der Waals surface area contributed by atoms with E-state index < -0.39 is 12.5 Å². The molecule has 1 N–H and O–H groups in total. The molecule has 0 aromatic heterocycles. The van der Waals surface area contributed by atoms with Gasteiger partial charge in [0, 0.05) is 16.1 Å². The van der Waals surface area contributed by atoms with Gasteiger partial charge in [0.15, 0.2) is 0 Å². The van der Waals surface area contributed by atoms with Crippen LogP contribution < -0.4 is 10.1 Å². The van der Waals surface area contributed by atoms with E-state index in [0.29, 0.717) is 15.9 Å². The number of rotatable bonds is 5. The molecule has 0 atom stereocenters. The van der Waals surface area contributed by atoms with Crippen LogP contribution in [0.15, 0.2) is 53.0 Å². The fraction of sp³-hybridized carbons (Fsp3) is 0.200. The highest BCUT2D eigenvalue weighted by molar-refractivity contribution is 9.10. The van der Waals surface area contributed by atoms with Gasteiger partial charge in [-0.2, -0.15) is 8.78 Å². The van der Waals surface area contributed by atoms with Crippen LogP contribution in [0.3, 0.4) is 0 Å². The van der Waals surface area contributed by atoms with Gasteiger partial charge in [0.1, 0.15) is 5.75 Å². The Balaban J connectivity index is 2.12. The molecule has 20 heavy (non-hydrogen) atoms. The molecule has 2 nitrogen and oxygen atoms in total. The van der Waals surface area contributed by atoms with Crippen LogP contribution in [-0.2, 0) is 5.92 Å². The van der Waals surface area contributed by atoms with Gasteiger partial charge in [-0.1, -0.05) is 30.3 Å². The molecule has 0 bridgehead atoms. The average molecular weight is 342 g/mol. The molecule has 0 fully saturated rings. The summed E-state index contributed by atoms with van der Waals surface area (Å²) < 4.78 is 33.9. The molecule has 0 unspecified atom stereocenters. The minimum Gasteiger partial charge on any atom is -0.497 e. The van der Waals surface area contributed by atoms with E-state index in [1.807, 2.05) is 0 Å². The molecule has 5 heteroatoms. The summed E-state index contributed by atoms with van der Waals surface area (Å²) in [6, 6.07) is 12.9. The normalized spacial score (nSPS) is 11.2. The van der Waals surface area contributed by atoms with Crippen molar-refractivity contribution in [2.24, 2.45) is 0 Å². The van der Waals surface area contributed by atoms with Gasteiger partial charge in [0.25, 0.3) is 5.92 Å². The Hall–Kier alpha value is -1.62. The summed E-state index contributed by atoms with van der Waals surface area (Å²) >= 11 is 3.32. The third-order valence-electron chi connectivity index (χ3n) is 2.87. The number of nitrogens with one attached hydrogen (secondary N) is 1. The predicted molar refractivity (Wildman–Crippen MR) is 79.5 cm³/mol. The standard InChI is InChI=1S/C15H14BrF2NO/c1-20-12-7-8-13(16)14(9-12)19-10-15(17,18)11-5-3-2-4-6-11/h2-9,19H,10H2,1H3. The summed E-state index contributed by atoms with van der Waals surface area (Å²) in [4.78, 5) is 0. The summed E-state index contributed by atoms with van der Waals surface area (Å²) in [5.41, 5.74) is 0.562. The summed E-state index contributed by atoms with van der Waals surface area (Å²) in [6.45, 7) is -0.483. The maximum atomic E-state index is 14.0. The second-order valence-corrected chi connectivity index (χ2v) is 5.12. The summed E-state index contributed by atoms with van der Waals surface area (Å²) in [6.07, 6.45) is 0. The highest BCUT2D eigenvalue weighted by atomic mass is 79.9. The first-order chi connectivity index (χ1) is 9.53. The molecule has 0 aliphatic rings. The number of methoxy groups -OCH3 is 1. The van der Waals surface area contributed by atoms with Crippen molar-refractivity contribution >= 4 is 21.6 Å².